The van der Waals surface area contributed by atoms with Crippen LogP contribution in [0.1, 0.15) is 31.2 Å². The van der Waals surface area contributed by atoms with Gasteiger partial charge in [-0.15, -0.1) is 11.3 Å². The summed E-state index contributed by atoms with van der Waals surface area (Å²) in [6.07, 6.45) is 0.337. The van der Waals surface area contributed by atoms with E-state index in [1.807, 2.05) is 25.3 Å². The lowest BCUT2D eigenvalue weighted by atomic mass is 9.97. The molecular weight excluding hydrogens is 172 g/mol. The number of aliphatic hydroxyl groups is 1. The predicted molar refractivity (Wildman–Crippen MR) is 48.6 cm³/mol. The smallest absolute Gasteiger partial charge is 0.136 e. The van der Waals surface area contributed by atoms with Gasteiger partial charge in [0.15, 0.2) is 0 Å². The van der Waals surface area contributed by atoms with Crippen molar-refractivity contribution in [3.05, 3.63) is 16.3 Å². The average Bonchev–Trinajstić information content (AvgIpc) is 2.31. The van der Waals surface area contributed by atoms with Crippen molar-refractivity contribution in [2.45, 2.75) is 32.0 Å². The summed E-state index contributed by atoms with van der Waals surface area (Å²) < 4.78 is 5.68. The minimum Gasteiger partial charge on any atom is -0.486 e. The number of hydrogen-bond donors (Lipinski definition) is 1. The third-order valence-electron chi connectivity index (χ3n) is 2.03. The molecular formula is C9H12O2S. The Bertz CT molecular complexity index is 290. The Labute approximate surface area is 75.8 Å². The number of aliphatic hydroxyl groups excluding tert-OH is 1. The van der Waals surface area contributed by atoms with Gasteiger partial charge in [0.25, 0.3) is 0 Å². The summed E-state index contributed by atoms with van der Waals surface area (Å²) in [6, 6.07) is 1.92. The van der Waals surface area contributed by atoms with Crippen LogP contribution in [0.25, 0.3) is 0 Å². The molecule has 1 aliphatic heterocycles. The Morgan fingerprint density at radius 1 is 1.67 bits per heavy atom. The van der Waals surface area contributed by atoms with Crippen LogP contribution >= 0.6 is 11.3 Å². The zero-order chi connectivity index (χ0) is 8.77. The second-order valence-electron chi connectivity index (χ2n) is 3.73. The van der Waals surface area contributed by atoms with Crippen LogP contribution in [0.3, 0.4) is 0 Å². The third kappa shape index (κ3) is 1.23. The molecule has 2 rings (SSSR count). The Kier molecular flexibility index (Phi) is 1.66. The van der Waals surface area contributed by atoms with Gasteiger partial charge in [-0.1, -0.05) is 0 Å². The van der Waals surface area contributed by atoms with Crippen LogP contribution in [0.5, 0.6) is 5.75 Å². The first-order valence-electron chi connectivity index (χ1n) is 4.03. The van der Waals surface area contributed by atoms with Gasteiger partial charge in [0.1, 0.15) is 11.4 Å². The maximum absolute atomic E-state index is 9.72. The fourth-order valence-electron chi connectivity index (χ4n) is 1.53. The molecule has 0 amide bonds. The van der Waals surface area contributed by atoms with E-state index in [2.05, 4.69) is 0 Å². The normalized spacial score (nSPS) is 26.1. The van der Waals surface area contributed by atoms with Crippen molar-refractivity contribution in [3.63, 3.8) is 0 Å². The fourth-order valence-corrected chi connectivity index (χ4v) is 2.34. The zero-order valence-corrected chi connectivity index (χ0v) is 8.02. The van der Waals surface area contributed by atoms with Crippen molar-refractivity contribution in [2.75, 3.05) is 0 Å². The molecule has 2 nitrogen and oxygen atoms in total. The molecule has 1 aliphatic rings. The van der Waals surface area contributed by atoms with Crippen molar-refractivity contribution >= 4 is 11.3 Å². The highest BCUT2D eigenvalue weighted by molar-refractivity contribution is 7.10. The molecule has 0 saturated carbocycles. The SMILES string of the molecule is CC1(C)CC(O)c2sccc2O1. The first kappa shape index (κ1) is 8.08. The highest BCUT2D eigenvalue weighted by Gasteiger charge is 2.33. The van der Waals surface area contributed by atoms with Gasteiger partial charge in [0, 0.05) is 6.42 Å². The van der Waals surface area contributed by atoms with E-state index in [1.165, 1.54) is 0 Å². The van der Waals surface area contributed by atoms with E-state index in [-0.39, 0.29) is 11.7 Å². The Morgan fingerprint density at radius 3 is 3.17 bits per heavy atom. The van der Waals surface area contributed by atoms with Gasteiger partial charge < -0.3 is 9.84 Å². The molecule has 3 heteroatoms. The molecule has 0 aromatic carbocycles. The maximum Gasteiger partial charge on any atom is 0.136 e. The quantitative estimate of drug-likeness (QED) is 0.670. The van der Waals surface area contributed by atoms with Crippen molar-refractivity contribution in [2.24, 2.45) is 0 Å². The summed E-state index contributed by atoms with van der Waals surface area (Å²) in [5.41, 5.74) is -0.229. The van der Waals surface area contributed by atoms with E-state index in [9.17, 15) is 5.11 Å². The summed E-state index contributed by atoms with van der Waals surface area (Å²) in [5.74, 6) is 0.851. The van der Waals surface area contributed by atoms with Crippen LogP contribution in [-0.2, 0) is 0 Å². The van der Waals surface area contributed by atoms with Gasteiger partial charge in [-0.2, -0.15) is 0 Å². The second-order valence-corrected chi connectivity index (χ2v) is 4.68. The third-order valence-corrected chi connectivity index (χ3v) is 3.03. The van der Waals surface area contributed by atoms with Gasteiger partial charge >= 0.3 is 0 Å². The van der Waals surface area contributed by atoms with E-state index in [1.54, 1.807) is 11.3 Å². The largest absolute Gasteiger partial charge is 0.486 e. The van der Waals surface area contributed by atoms with Crippen LogP contribution < -0.4 is 4.74 Å². The molecule has 1 atom stereocenters. The van der Waals surface area contributed by atoms with E-state index >= 15 is 0 Å². The van der Waals surface area contributed by atoms with E-state index in [4.69, 9.17) is 4.74 Å². The lowest BCUT2D eigenvalue weighted by Crippen LogP contribution is -2.33. The van der Waals surface area contributed by atoms with Crippen molar-refractivity contribution in [3.8, 4) is 5.75 Å². The zero-order valence-electron chi connectivity index (χ0n) is 7.20. The molecule has 1 aromatic heterocycles. The van der Waals surface area contributed by atoms with Crippen LogP contribution in [0.15, 0.2) is 11.4 Å². The molecule has 1 aromatic rings. The minimum atomic E-state index is -0.344. The van der Waals surface area contributed by atoms with E-state index in [0.29, 0.717) is 6.42 Å². The fraction of sp³-hybridized carbons (Fsp3) is 0.556. The summed E-state index contributed by atoms with van der Waals surface area (Å²) in [7, 11) is 0. The standard InChI is InChI=1S/C9H12O2S/c1-9(2)5-6(10)8-7(11-9)3-4-12-8/h3-4,6,10H,5H2,1-2H3. The molecule has 0 radical (unpaired) electrons. The summed E-state index contributed by atoms with van der Waals surface area (Å²) in [4.78, 5) is 0.967. The molecule has 66 valence electrons. The topological polar surface area (TPSA) is 29.5 Å². The van der Waals surface area contributed by atoms with Crippen molar-refractivity contribution in [1.29, 1.82) is 0 Å². The van der Waals surface area contributed by atoms with E-state index in [0.717, 1.165) is 10.6 Å². The average molecular weight is 184 g/mol. The second kappa shape index (κ2) is 2.47. The van der Waals surface area contributed by atoms with Gasteiger partial charge in [-0.05, 0) is 25.3 Å². The Morgan fingerprint density at radius 2 is 2.42 bits per heavy atom. The van der Waals surface area contributed by atoms with Crippen LogP contribution in [0.4, 0.5) is 0 Å². The first-order valence-corrected chi connectivity index (χ1v) is 4.91. The Hall–Kier alpha value is -0.540. The van der Waals surface area contributed by atoms with Crippen LogP contribution in [0.2, 0.25) is 0 Å². The molecule has 12 heavy (non-hydrogen) atoms. The molecule has 0 saturated heterocycles. The summed E-state index contributed by atoms with van der Waals surface area (Å²) in [6.45, 7) is 3.99. The number of rotatable bonds is 0. The number of thiophene rings is 1. The number of ether oxygens (including phenoxy) is 1. The van der Waals surface area contributed by atoms with Gasteiger partial charge in [0.05, 0.1) is 11.0 Å². The molecule has 0 bridgehead atoms. The molecule has 1 unspecified atom stereocenters. The van der Waals surface area contributed by atoms with Crippen LogP contribution in [-0.4, -0.2) is 10.7 Å². The Balaban J connectivity index is 2.38. The molecule has 0 spiro atoms. The van der Waals surface area contributed by atoms with Gasteiger partial charge in [-0.3, -0.25) is 0 Å². The monoisotopic (exact) mass is 184 g/mol. The lowest BCUT2D eigenvalue weighted by Gasteiger charge is -2.33. The number of hydrogen-bond acceptors (Lipinski definition) is 3. The molecule has 0 fully saturated rings. The predicted octanol–water partition coefficient (Wildman–Crippen LogP) is 2.34. The highest BCUT2D eigenvalue weighted by atomic mass is 32.1. The first-order chi connectivity index (χ1) is 5.58. The maximum atomic E-state index is 9.72. The van der Waals surface area contributed by atoms with Crippen molar-refractivity contribution < 1.29 is 9.84 Å². The lowest BCUT2D eigenvalue weighted by molar-refractivity contribution is 0.0145. The molecule has 2 heterocycles. The summed E-state index contributed by atoms with van der Waals surface area (Å²) >= 11 is 1.56. The van der Waals surface area contributed by atoms with Crippen LogP contribution in [0, 0.1) is 0 Å². The minimum absolute atomic E-state index is 0.229. The van der Waals surface area contributed by atoms with Gasteiger partial charge in [-0.25, -0.2) is 0 Å². The highest BCUT2D eigenvalue weighted by Crippen LogP contribution is 2.42. The summed E-state index contributed by atoms with van der Waals surface area (Å²) in [5, 5.41) is 11.7. The molecule has 0 aliphatic carbocycles. The van der Waals surface area contributed by atoms with E-state index < -0.39 is 0 Å². The van der Waals surface area contributed by atoms with Gasteiger partial charge in [0.2, 0.25) is 0 Å². The van der Waals surface area contributed by atoms with Crippen molar-refractivity contribution in [1.82, 2.24) is 0 Å². The molecule has 1 N–H and O–H groups in total. The number of fused-ring (bicyclic) bond motifs is 1.